The number of hydrogen-bond acceptors (Lipinski definition) is 2. The molecule has 1 fully saturated rings. The van der Waals surface area contributed by atoms with Crippen LogP contribution in [0.2, 0.25) is 0 Å². The molecular formula is C12H22N2. The first-order chi connectivity index (χ1) is 6.39. The Kier molecular flexibility index (Phi) is 2.94. The zero-order valence-electron chi connectivity index (χ0n) is 9.94. The Bertz CT molecular complexity index is 254. The van der Waals surface area contributed by atoms with Crippen LogP contribution in [0.5, 0.6) is 0 Å². The normalized spacial score (nSPS) is 25.0. The van der Waals surface area contributed by atoms with Crippen molar-refractivity contribution in [3.05, 3.63) is 0 Å². The second-order valence-electron chi connectivity index (χ2n) is 5.33. The Balaban J connectivity index is 2.68. The predicted octanol–water partition coefficient (Wildman–Crippen LogP) is 1.91. The van der Waals surface area contributed by atoms with Gasteiger partial charge in [0.15, 0.2) is 0 Å². The van der Waals surface area contributed by atoms with Gasteiger partial charge in [0.05, 0.1) is 0 Å². The van der Waals surface area contributed by atoms with Crippen molar-refractivity contribution in [1.82, 2.24) is 5.43 Å². The molecule has 1 rings (SSSR count). The van der Waals surface area contributed by atoms with Gasteiger partial charge in [-0.05, 0) is 23.7 Å². The summed E-state index contributed by atoms with van der Waals surface area (Å²) in [6.45, 7) is 11.1. The van der Waals surface area contributed by atoms with E-state index in [0.29, 0.717) is 22.8 Å². The third kappa shape index (κ3) is 1.55. The Morgan fingerprint density at radius 1 is 1.29 bits per heavy atom. The highest BCUT2D eigenvalue weighted by Crippen LogP contribution is 2.69. The SMILES string of the molecule is CC#CCC(NN)C1C(C)(C)C1(C)C. The second kappa shape index (κ2) is 3.56. The second-order valence-corrected chi connectivity index (χ2v) is 5.33. The van der Waals surface area contributed by atoms with Gasteiger partial charge in [-0.2, -0.15) is 0 Å². The minimum Gasteiger partial charge on any atom is -0.271 e. The molecular weight excluding hydrogens is 172 g/mol. The quantitative estimate of drug-likeness (QED) is 0.409. The van der Waals surface area contributed by atoms with Crippen LogP contribution in [0.4, 0.5) is 0 Å². The molecule has 3 N–H and O–H groups in total. The minimum absolute atomic E-state index is 0.326. The molecule has 1 aliphatic carbocycles. The molecule has 0 aromatic heterocycles. The van der Waals surface area contributed by atoms with Crippen LogP contribution in [0.3, 0.4) is 0 Å². The van der Waals surface area contributed by atoms with Crippen molar-refractivity contribution < 1.29 is 0 Å². The van der Waals surface area contributed by atoms with Crippen LogP contribution in [-0.2, 0) is 0 Å². The molecule has 2 nitrogen and oxygen atoms in total. The summed E-state index contributed by atoms with van der Waals surface area (Å²) in [5.41, 5.74) is 3.66. The molecule has 0 radical (unpaired) electrons. The number of nitrogens with one attached hydrogen (secondary N) is 1. The van der Waals surface area contributed by atoms with E-state index >= 15 is 0 Å². The summed E-state index contributed by atoms with van der Waals surface area (Å²) >= 11 is 0. The maximum atomic E-state index is 5.58. The highest BCUT2D eigenvalue weighted by molar-refractivity contribution is 5.17. The largest absolute Gasteiger partial charge is 0.271 e. The fourth-order valence-electron chi connectivity index (χ4n) is 2.74. The third-order valence-electron chi connectivity index (χ3n) is 4.25. The van der Waals surface area contributed by atoms with Crippen molar-refractivity contribution in [3.63, 3.8) is 0 Å². The van der Waals surface area contributed by atoms with E-state index in [1.54, 1.807) is 0 Å². The Hall–Kier alpha value is -0.520. The van der Waals surface area contributed by atoms with Crippen molar-refractivity contribution in [2.45, 2.75) is 47.1 Å². The van der Waals surface area contributed by atoms with E-state index in [9.17, 15) is 0 Å². The molecule has 2 heteroatoms. The van der Waals surface area contributed by atoms with Crippen LogP contribution in [0.15, 0.2) is 0 Å². The summed E-state index contributed by atoms with van der Waals surface area (Å²) < 4.78 is 0. The van der Waals surface area contributed by atoms with E-state index in [-0.39, 0.29) is 0 Å². The first-order valence-electron chi connectivity index (χ1n) is 5.25. The Labute approximate surface area is 87.6 Å². The van der Waals surface area contributed by atoms with Gasteiger partial charge in [0.2, 0.25) is 0 Å². The first-order valence-corrected chi connectivity index (χ1v) is 5.25. The predicted molar refractivity (Wildman–Crippen MR) is 60.2 cm³/mol. The minimum atomic E-state index is 0.326. The summed E-state index contributed by atoms with van der Waals surface area (Å²) in [6.07, 6.45) is 0.852. The fraction of sp³-hybridized carbons (Fsp3) is 0.833. The Morgan fingerprint density at radius 2 is 1.79 bits per heavy atom. The molecule has 1 saturated carbocycles. The van der Waals surface area contributed by atoms with Crippen LogP contribution >= 0.6 is 0 Å². The molecule has 0 amide bonds. The van der Waals surface area contributed by atoms with E-state index in [1.165, 1.54) is 0 Å². The molecule has 80 valence electrons. The molecule has 0 bridgehead atoms. The zero-order valence-corrected chi connectivity index (χ0v) is 9.94. The van der Waals surface area contributed by atoms with Crippen molar-refractivity contribution in [1.29, 1.82) is 0 Å². The van der Waals surface area contributed by atoms with E-state index < -0.39 is 0 Å². The van der Waals surface area contributed by atoms with E-state index in [2.05, 4.69) is 45.0 Å². The van der Waals surface area contributed by atoms with Crippen molar-refractivity contribution in [3.8, 4) is 11.8 Å². The molecule has 0 aliphatic heterocycles. The fourth-order valence-corrected chi connectivity index (χ4v) is 2.74. The molecule has 1 aliphatic rings. The highest BCUT2D eigenvalue weighted by atomic mass is 15.2. The van der Waals surface area contributed by atoms with Gasteiger partial charge in [-0.3, -0.25) is 11.3 Å². The smallest absolute Gasteiger partial charge is 0.0358 e. The number of hydrazine groups is 1. The van der Waals surface area contributed by atoms with Gasteiger partial charge < -0.3 is 0 Å². The number of rotatable bonds is 3. The highest BCUT2D eigenvalue weighted by Gasteiger charge is 2.66. The van der Waals surface area contributed by atoms with Crippen LogP contribution in [-0.4, -0.2) is 6.04 Å². The summed E-state index contributed by atoms with van der Waals surface area (Å²) in [7, 11) is 0. The van der Waals surface area contributed by atoms with Crippen LogP contribution in [0.25, 0.3) is 0 Å². The third-order valence-corrected chi connectivity index (χ3v) is 4.25. The maximum absolute atomic E-state index is 5.58. The molecule has 0 aromatic rings. The van der Waals surface area contributed by atoms with Crippen LogP contribution in [0, 0.1) is 28.6 Å². The molecule has 0 spiro atoms. The lowest BCUT2D eigenvalue weighted by molar-refractivity contribution is 0.411. The lowest BCUT2D eigenvalue weighted by Gasteiger charge is -2.14. The molecule has 14 heavy (non-hydrogen) atoms. The lowest BCUT2D eigenvalue weighted by Crippen LogP contribution is -2.38. The molecule has 0 saturated heterocycles. The zero-order chi connectivity index (χ0) is 11.0. The molecule has 1 unspecified atom stereocenters. The van der Waals surface area contributed by atoms with Gasteiger partial charge in [0.1, 0.15) is 0 Å². The summed E-state index contributed by atoms with van der Waals surface area (Å²) in [6, 6.07) is 0.326. The maximum Gasteiger partial charge on any atom is 0.0358 e. The van der Waals surface area contributed by atoms with E-state index in [1.807, 2.05) is 6.92 Å². The van der Waals surface area contributed by atoms with Gasteiger partial charge in [-0.15, -0.1) is 11.8 Å². The van der Waals surface area contributed by atoms with Crippen LogP contribution < -0.4 is 11.3 Å². The summed E-state index contributed by atoms with van der Waals surface area (Å²) in [4.78, 5) is 0. The van der Waals surface area contributed by atoms with Crippen LogP contribution in [0.1, 0.15) is 41.0 Å². The number of hydrogen-bond donors (Lipinski definition) is 2. The molecule has 0 aromatic carbocycles. The average Bonchev–Trinajstić information content (AvgIpc) is 2.48. The van der Waals surface area contributed by atoms with Gasteiger partial charge in [-0.25, -0.2) is 0 Å². The topological polar surface area (TPSA) is 38.0 Å². The average molecular weight is 194 g/mol. The summed E-state index contributed by atoms with van der Waals surface area (Å²) in [5, 5.41) is 0. The summed E-state index contributed by atoms with van der Waals surface area (Å²) in [5.74, 6) is 12.2. The van der Waals surface area contributed by atoms with Crippen molar-refractivity contribution in [2.75, 3.05) is 0 Å². The van der Waals surface area contributed by atoms with Crippen molar-refractivity contribution in [2.24, 2.45) is 22.6 Å². The van der Waals surface area contributed by atoms with Crippen molar-refractivity contribution >= 4 is 0 Å². The van der Waals surface area contributed by atoms with Gasteiger partial charge in [0, 0.05) is 12.5 Å². The number of nitrogens with two attached hydrogens (primary N) is 1. The lowest BCUT2D eigenvalue weighted by atomic mass is 10.0. The first kappa shape index (κ1) is 11.6. The molecule has 0 heterocycles. The monoisotopic (exact) mass is 194 g/mol. The standard InChI is InChI=1S/C12H22N2/c1-6-7-8-9(14-13)10-11(2,3)12(10,4)5/h9-10,14H,8,13H2,1-5H3. The van der Waals surface area contributed by atoms with Gasteiger partial charge in [-0.1, -0.05) is 27.7 Å². The van der Waals surface area contributed by atoms with E-state index in [0.717, 1.165) is 6.42 Å². The van der Waals surface area contributed by atoms with Gasteiger partial charge >= 0.3 is 0 Å². The molecule has 1 atom stereocenters. The van der Waals surface area contributed by atoms with E-state index in [4.69, 9.17) is 5.84 Å². The Morgan fingerprint density at radius 3 is 2.07 bits per heavy atom. The van der Waals surface area contributed by atoms with Gasteiger partial charge in [0.25, 0.3) is 0 Å².